The van der Waals surface area contributed by atoms with E-state index in [1.165, 1.54) is 0 Å². The Labute approximate surface area is 159 Å². The molecule has 0 spiro atoms. The van der Waals surface area contributed by atoms with Gasteiger partial charge in [-0.15, -0.1) is 0 Å². The smallest absolute Gasteiger partial charge is 0.312 e. The van der Waals surface area contributed by atoms with Crippen LogP contribution >= 0.6 is 11.6 Å². The largest absolute Gasteiger partial charge is 0.455 e. The Balaban J connectivity index is 1.52. The van der Waals surface area contributed by atoms with E-state index >= 15 is 0 Å². The summed E-state index contributed by atoms with van der Waals surface area (Å²) >= 11 is 5.80. The molecule has 0 atom stereocenters. The number of ether oxygens (including phenoxy) is 1. The summed E-state index contributed by atoms with van der Waals surface area (Å²) in [7, 11) is 0. The molecule has 27 heavy (non-hydrogen) atoms. The van der Waals surface area contributed by atoms with Crippen molar-refractivity contribution in [2.45, 2.75) is 13.0 Å². The van der Waals surface area contributed by atoms with E-state index in [4.69, 9.17) is 16.3 Å². The molecule has 0 unspecified atom stereocenters. The molecule has 0 aliphatic carbocycles. The van der Waals surface area contributed by atoms with Crippen molar-refractivity contribution < 1.29 is 14.3 Å². The van der Waals surface area contributed by atoms with Crippen LogP contribution in [0.3, 0.4) is 0 Å². The lowest BCUT2D eigenvalue weighted by Gasteiger charge is -2.07. The molecular weight excluding hydrogens is 370 g/mol. The van der Waals surface area contributed by atoms with Crippen molar-refractivity contribution in [3.05, 3.63) is 75.2 Å². The molecule has 8 heteroatoms. The molecule has 1 amide bonds. The van der Waals surface area contributed by atoms with Crippen molar-refractivity contribution in [2.75, 3.05) is 6.61 Å². The second kappa shape index (κ2) is 8.46. The van der Waals surface area contributed by atoms with Gasteiger partial charge in [0.15, 0.2) is 6.61 Å². The van der Waals surface area contributed by atoms with Crippen molar-refractivity contribution >= 4 is 34.2 Å². The van der Waals surface area contributed by atoms with Crippen molar-refractivity contribution in [3.63, 3.8) is 0 Å². The van der Waals surface area contributed by atoms with Gasteiger partial charge in [0.05, 0.1) is 17.5 Å². The van der Waals surface area contributed by atoms with Gasteiger partial charge in [-0.3, -0.25) is 14.4 Å². The average molecular weight is 386 g/mol. The van der Waals surface area contributed by atoms with Gasteiger partial charge in [-0.1, -0.05) is 41.9 Å². The first-order valence-corrected chi connectivity index (χ1v) is 8.54. The first kappa shape index (κ1) is 18.6. The number of carbonyl (C=O) groups excluding carboxylic acids is 2. The number of nitrogens with zero attached hydrogens (tertiary/aromatic N) is 1. The molecular formula is C19H16ClN3O4. The number of fused-ring (bicyclic) bond motifs is 1. The number of hydrogen-bond donors (Lipinski definition) is 2. The SMILES string of the molecule is O=C(COC(=O)Cc1n[nH]c(=O)c2ccccc12)NCc1ccc(Cl)cc1. The highest BCUT2D eigenvalue weighted by Gasteiger charge is 2.13. The van der Waals surface area contributed by atoms with Gasteiger partial charge in [-0.25, -0.2) is 5.10 Å². The fourth-order valence-electron chi connectivity index (χ4n) is 2.49. The number of H-pyrrole nitrogens is 1. The van der Waals surface area contributed by atoms with Gasteiger partial charge in [0.1, 0.15) is 0 Å². The van der Waals surface area contributed by atoms with E-state index < -0.39 is 18.5 Å². The molecule has 3 rings (SSSR count). The van der Waals surface area contributed by atoms with Crippen molar-refractivity contribution in [3.8, 4) is 0 Å². The molecule has 0 fully saturated rings. The predicted octanol–water partition coefficient (Wildman–Crippen LogP) is 1.98. The molecule has 7 nitrogen and oxygen atoms in total. The molecule has 0 radical (unpaired) electrons. The Hall–Kier alpha value is -3.19. The number of hydrogen-bond acceptors (Lipinski definition) is 5. The minimum atomic E-state index is -0.610. The fraction of sp³-hybridized carbons (Fsp3) is 0.158. The van der Waals surface area contributed by atoms with Crippen LogP contribution < -0.4 is 10.9 Å². The van der Waals surface area contributed by atoms with Crippen LogP contribution in [0.4, 0.5) is 0 Å². The van der Waals surface area contributed by atoms with Crippen LogP contribution in [-0.4, -0.2) is 28.7 Å². The molecule has 138 valence electrons. The molecule has 1 aromatic heterocycles. The summed E-state index contributed by atoms with van der Waals surface area (Å²) in [6.45, 7) is -0.0899. The zero-order valence-electron chi connectivity index (χ0n) is 14.2. The minimum Gasteiger partial charge on any atom is -0.455 e. The normalized spacial score (nSPS) is 10.6. The van der Waals surface area contributed by atoms with E-state index in [9.17, 15) is 14.4 Å². The average Bonchev–Trinajstić information content (AvgIpc) is 2.68. The van der Waals surface area contributed by atoms with Crippen molar-refractivity contribution in [1.82, 2.24) is 15.5 Å². The first-order chi connectivity index (χ1) is 13.0. The number of amides is 1. The molecule has 2 aromatic carbocycles. The van der Waals surface area contributed by atoms with E-state index in [-0.39, 0.29) is 12.0 Å². The summed E-state index contributed by atoms with van der Waals surface area (Å²) < 4.78 is 4.99. The van der Waals surface area contributed by atoms with Gasteiger partial charge in [0.25, 0.3) is 11.5 Å². The quantitative estimate of drug-likeness (QED) is 0.632. The van der Waals surface area contributed by atoms with Crippen LogP contribution in [0.5, 0.6) is 0 Å². The Bertz CT molecular complexity index is 1030. The fourth-order valence-corrected chi connectivity index (χ4v) is 2.62. The molecule has 0 bridgehead atoms. The van der Waals surface area contributed by atoms with Crippen molar-refractivity contribution in [1.29, 1.82) is 0 Å². The number of esters is 1. The van der Waals surface area contributed by atoms with Crippen LogP contribution in [0.25, 0.3) is 10.8 Å². The Morgan fingerprint density at radius 3 is 2.52 bits per heavy atom. The number of benzene rings is 2. The number of halogens is 1. The summed E-state index contributed by atoms with van der Waals surface area (Å²) in [5, 5.41) is 10.5. The van der Waals surface area contributed by atoms with E-state index in [1.807, 2.05) is 0 Å². The van der Waals surface area contributed by atoms with Crippen molar-refractivity contribution in [2.24, 2.45) is 0 Å². The molecule has 0 saturated carbocycles. The van der Waals surface area contributed by atoms with Gasteiger partial charge in [-0.2, -0.15) is 5.10 Å². The van der Waals surface area contributed by atoms with Gasteiger partial charge in [0.2, 0.25) is 0 Å². The van der Waals surface area contributed by atoms with Crippen LogP contribution in [-0.2, 0) is 27.3 Å². The summed E-state index contributed by atoms with van der Waals surface area (Å²) in [4.78, 5) is 35.6. The van der Waals surface area contributed by atoms with Gasteiger partial charge in [-0.05, 0) is 23.8 Å². The molecule has 0 aliphatic heterocycles. The van der Waals surface area contributed by atoms with E-state index in [0.29, 0.717) is 28.0 Å². The zero-order chi connectivity index (χ0) is 19.2. The Morgan fingerprint density at radius 2 is 1.78 bits per heavy atom. The molecule has 1 heterocycles. The van der Waals surface area contributed by atoms with Gasteiger partial charge >= 0.3 is 5.97 Å². The van der Waals surface area contributed by atoms with E-state index in [2.05, 4.69) is 15.5 Å². The number of carbonyl (C=O) groups is 2. The number of aromatic nitrogens is 2. The van der Waals surface area contributed by atoms with Crippen LogP contribution in [0, 0.1) is 0 Å². The molecule has 0 saturated heterocycles. The van der Waals surface area contributed by atoms with Gasteiger partial charge < -0.3 is 10.1 Å². The lowest BCUT2D eigenvalue weighted by Crippen LogP contribution is -2.28. The highest BCUT2D eigenvalue weighted by atomic mass is 35.5. The monoisotopic (exact) mass is 385 g/mol. The number of aromatic amines is 1. The maximum atomic E-state index is 12.0. The highest BCUT2D eigenvalue weighted by molar-refractivity contribution is 6.30. The number of nitrogens with one attached hydrogen (secondary N) is 2. The Morgan fingerprint density at radius 1 is 1.07 bits per heavy atom. The maximum absolute atomic E-state index is 12.0. The van der Waals surface area contributed by atoms with E-state index in [0.717, 1.165) is 5.56 Å². The summed E-state index contributed by atoms with van der Waals surface area (Å²) in [6, 6.07) is 13.9. The molecule has 2 N–H and O–H groups in total. The number of rotatable bonds is 6. The summed E-state index contributed by atoms with van der Waals surface area (Å²) in [6.07, 6.45) is -0.151. The Kier molecular flexibility index (Phi) is 5.83. The zero-order valence-corrected chi connectivity index (χ0v) is 15.0. The third-order valence-corrected chi connectivity index (χ3v) is 4.11. The third kappa shape index (κ3) is 4.92. The van der Waals surface area contributed by atoms with Crippen LogP contribution in [0.15, 0.2) is 53.3 Å². The van der Waals surface area contributed by atoms with Gasteiger partial charge in [0, 0.05) is 17.0 Å². The second-order valence-electron chi connectivity index (χ2n) is 5.79. The second-order valence-corrected chi connectivity index (χ2v) is 6.22. The summed E-state index contributed by atoms with van der Waals surface area (Å²) in [5.41, 5.74) is 0.934. The lowest BCUT2D eigenvalue weighted by molar-refractivity contribution is -0.147. The highest BCUT2D eigenvalue weighted by Crippen LogP contribution is 2.13. The topological polar surface area (TPSA) is 101 Å². The molecule has 0 aliphatic rings. The molecule has 3 aromatic rings. The maximum Gasteiger partial charge on any atom is 0.312 e. The predicted molar refractivity (Wildman–Crippen MR) is 100 cm³/mol. The van der Waals surface area contributed by atoms with Crippen LogP contribution in [0.2, 0.25) is 5.02 Å². The third-order valence-electron chi connectivity index (χ3n) is 3.85. The first-order valence-electron chi connectivity index (χ1n) is 8.16. The minimum absolute atomic E-state index is 0.151. The summed E-state index contributed by atoms with van der Waals surface area (Å²) in [5.74, 6) is -1.03. The lowest BCUT2D eigenvalue weighted by atomic mass is 10.1. The van der Waals surface area contributed by atoms with Crippen LogP contribution in [0.1, 0.15) is 11.3 Å². The van der Waals surface area contributed by atoms with E-state index in [1.54, 1.807) is 48.5 Å². The standard InChI is InChI=1S/C19H16ClN3O4/c20-13-7-5-12(6-8-13)10-21-17(24)11-27-18(25)9-16-14-3-1-2-4-15(14)19(26)23-22-16/h1-8H,9-11H2,(H,21,24)(H,23,26).